The minimum atomic E-state index is 0.0410. The van der Waals surface area contributed by atoms with Crippen molar-refractivity contribution in [3.63, 3.8) is 0 Å². The summed E-state index contributed by atoms with van der Waals surface area (Å²) in [5, 5.41) is 8.50. The molecule has 1 aliphatic heterocycles. The molecule has 0 atom stereocenters. The molecule has 0 unspecified atom stereocenters. The van der Waals surface area contributed by atoms with Crippen LogP contribution in [0.1, 0.15) is 41.0 Å². The second-order valence-corrected chi connectivity index (χ2v) is 7.08. The van der Waals surface area contributed by atoms with Crippen molar-refractivity contribution in [3.8, 4) is 0 Å². The number of hydrogen-bond donors (Lipinski definition) is 1. The Kier molecular flexibility index (Phi) is 4.78. The number of hydrogen-bond acceptors (Lipinski definition) is 4. The lowest BCUT2D eigenvalue weighted by Crippen LogP contribution is -2.33. The van der Waals surface area contributed by atoms with Gasteiger partial charge in [0.05, 0.1) is 10.6 Å². The molecule has 120 valence electrons. The summed E-state index contributed by atoms with van der Waals surface area (Å²) in [7, 11) is 1.92. The van der Waals surface area contributed by atoms with Crippen LogP contribution in [0, 0.1) is 6.92 Å². The number of carbonyl (C=O) groups excluding carboxylic acids is 1. The molecule has 0 saturated carbocycles. The third-order valence-corrected chi connectivity index (χ3v) is 5.51. The van der Waals surface area contributed by atoms with Crippen molar-refractivity contribution in [2.45, 2.75) is 32.6 Å². The zero-order valence-corrected chi connectivity index (χ0v) is 14.2. The van der Waals surface area contributed by atoms with Gasteiger partial charge in [-0.25, -0.2) is 0 Å². The van der Waals surface area contributed by atoms with Crippen LogP contribution in [-0.2, 0) is 7.05 Å². The first-order valence-corrected chi connectivity index (χ1v) is 8.90. The highest BCUT2D eigenvalue weighted by molar-refractivity contribution is 7.20. The number of likely N-dealkylation sites (tertiary alicyclic amines) is 1. The molecular formula is C16H24N4OS. The fraction of sp³-hybridized carbons (Fsp3) is 0.625. The summed E-state index contributed by atoms with van der Waals surface area (Å²) in [4.78, 5) is 16.6. The Morgan fingerprint density at radius 3 is 2.86 bits per heavy atom. The summed E-state index contributed by atoms with van der Waals surface area (Å²) >= 11 is 1.52. The molecule has 1 fully saturated rings. The fourth-order valence-electron chi connectivity index (χ4n) is 3.09. The van der Waals surface area contributed by atoms with Crippen LogP contribution in [0.2, 0.25) is 0 Å². The van der Waals surface area contributed by atoms with Crippen LogP contribution in [0.3, 0.4) is 0 Å². The Bertz CT molecular complexity index is 620. The molecule has 0 radical (unpaired) electrons. The molecule has 1 aliphatic rings. The van der Waals surface area contributed by atoms with Gasteiger partial charge in [-0.1, -0.05) is 6.42 Å². The van der Waals surface area contributed by atoms with Gasteiger partial charge in [-0.2, -0.15) is 5.10 Å². The first-order chi connectivity index (χ1) is 10.6. The average Bonchev–Trinajstić information content (AvgIpc) is 3.07. The Morgan fingerprint density at radius 1 is 1.36 bits per heavy atom. The summed E-state index contributed by atoms with van der Waals surface area (Å²) in [6.07, 6.45) is 5.04. The second-order valence-electron chi connectivity index (χ2n) is 6.05. The van der Waals surface area contributed by atoms with Gasteiger partial charge < -0.3 is 10.2 Å². The lowest BCUT2D eigenvalue weighted by molar-refractivity contribution is 0.0955. The number of nitrogens with zero attached hydrogens (tertiary/aromatic N) is 3. The molecule has 1 saturated heterocycles. The molecule has 2 aromatic rings. The van der Waals surface area contributed by atoms with E-state index in [1.165, 1.54) is 43.7 Å². The van der Waals surface area contributed by atoms with Crippen LogP contribution < -0.4 is 5.32 Å². The van der Waals surface area contributed by atoms with E-state index in [1.54, 1.807) is 0 Å². The fourth-order valence-corrected chi connectivity index (χ4v) is 4.13. The molecule has 0 bridgehead atoms. The molecule has 2 aromatic heterocycles. The number of amides is 1. The Morgan fingerprint density at radius 2 is 2.14 bits per heavy atom. The van der Waals surface area contributed by atoms with Crippen molar-refractivity contribution in [1.82, 2.24) is 20.0 Å². The van der Waals surface area contributed by atoms with Gasteiger partial charge in [0, 0.05) is 19.0 Å². The van der Waals surface area contributed by atoms with Crippen LogP contribution in [0.5, 0.6) is 0 Å². The van der Waals surface area contributed by atoms with Gasteiger partial charge >= 0.3 is 0 Å². The highest BCUT2D eigenvalue weighted by atomic mass is 32.1. The van der Waals surface area contributed by atoms with E-state index >= 15 is 0 Å². The number of nitrogens with one attached hydrogen (secondary N) is 1. The minimum absolute atomic E-state index is 0.0410. The molecule has 6 heteroatoms. The second kappa shape index (κ2) is 6.79. The molecule has 1 N–H and O–H groups in total. The number of piperidine rings is 1. The third-order valence-electron chi connectivity index (χ3n) is 4.31. The largest absolute Gasteiger partial charge is 0.351 e. The molecule has 1 amide bonds. The number of aryl methyl sites for hydroxylation is 2. The molecule has 0 aliphatic carbocycles. The molecular weight excluding hydrogens is 296 g/mol. The van der Waals surface area contributed by atoms with Gasteiger partial charge in [0.15, 0.2) is 0 Å². The molecule has 5 nitrogen and oxygen atoms in total. The van der Waals surface area contributed by atoms with Gasteiger partial charge in [-0.3, -0.25) is 9.48 Å². The molecule has 0 spiro atoms. The number of aromatic nitrogens is 2. The Labute approximate surface area is 135 Å². The van der Waals surface area contributed by atoms with Crippen molar-refractivity contribution in [1.29, 1.82) is 0 Å². The monoisotopic (exact) mass is 320 g/mol. The maximum Gasteiger partial charge on any atom is 0.261 e. The number of rotatable bonds is 5. The predicted octanol–water partition coefficient (Wildman–Crippen LogP) is 2.55. The lowest BCUT2D eigenvalue weighted by atomic mass is 10.1. The zero-order valence-electron chi connectivity index (χ0n) is 13.4. The summed E-state index contributed by atoms with van der Waals surface area (Å²) < 4.78 is 1.85. The third kappa shape index (κ3) is 3.33. The van der Waals surface area contributed by atoms with E-state index in [0.29, 0.717) is 0 Å². The van der Waals surface area contributed by atoms with E-state index < -0.39 is 0 Å². The maximum atomic E-state index is 12.2. The minimum Gasteiger partial charge on any atom is -0.351 e. The van der Waals surface area contributed by atoms with Crippen LogP contribution >= 0.6 is 11.3 Å². The number of thiophene rings is 1. The molecule has 0 aromatic carbocycles. The Balaban J connectivity index is 1.49. The lowest BCUT2D eigenvalue weighted by Gasteiger charge is -2.26. The first kappa shape index (κ1) is 15.5. The van der Waals surface area contributed by atoms with E-state index in [4.69, 9.17) is 0 Å². The normalized spacial score (nSPS) is 16.3. The molecule has 3 rings (SSSR count). The van der Waals surface area contributed by atoms with Crippen molar-refractivity contribution in [2.24, 2.45) is 7.05 Å². The van der Waals surface area contributed by atoms with Crippen molar-refractivity contribution >= 4 is 27.5 Å². The summed E-state index contributed by atoms with van der Waals surface area (Å²) in [6.45, 7) is 6.26. The highest BCUT2D eigenvalue weighted by Gasteiger charge is 2.15. The van der Waals surface area contributed by atoms with Crippen LogP contribution in [-0.4, -0.2) is 46.8 Å². The maximum absolute atomic E-state index is 12.2. The van der Waals surface area contributed by atoms with Crippen LogP contribution in [0.15, 0.2) is 6.07 Å². The van der Waals surface area contributed by atoms with Gasteiger partial charge in [0.2, 0.25) is 0 Å². The van der Waals surface area contributed by atoms with Crippen molar-refractivity contribution in [3.05, 3.63) is 16.6 Å². The van der Waals surface area contributed by atoms with E-state index in [0.717, 1.165) is 40.3 Å². The summed E-state index contributed by atoms with van der Waals surface area (Å²) in [5.74, 6) is 0.0410. The van der Waals surface area contributed by atoms with Gasteiger partial charge in [0.1, 0.15) is 4.83 Å². The summed E-state index contributed by atoms with van der Waals surface area (Å²) in [6, 6.07) is 1.96. The predicted molar refractivity (Wildman–Crippen MR) is 90.6 cm³/mol. The standard InChI is InChI=1S/C16H24N4OS/c1-12-13-11-14(22-16(13)19(2)18-12)15(21)17-7-6-10-20-8-4-3-5-9-20/h11H,3-10H2,1-2H3,(H,17,21). The van der Waals surface area contributed by atoms with Crippen molar-refractivity contribution in [2.75, 3.05) is 26.2 Å². The van der Waals surface area contributed by atoms with Crippen LogP contribution in [0.4, 0.5) is 0 Å². The van der Waals surface area contributed by atoms with E-state index in [1.807, 2.05) is 24.7 Å². The summed E-state index contributed by atoms with van der Waals surface area (Å²) in [5.41, 5.74) is 0.984. The van der Waals surface area contributed by atoms with E-state index in [-0.39, 0.29) is 5.91 Å². The topological polar surface area (TPSA) is 50.2 Å². The zero-order chi connectivity index (χ0) is 15.5. The number of carbonyl (C=O) groups is 1. The van der Waals surface area contributed by atoms with Gasteiger partial charge in [-0.15, -0.1) is 11.3 Å². The SMILES string of the molecule is Cc1nn(C)c2sc(C(=O)NCCCN3CCCCC3)cc12. The highest BCUT2D eigenvalue weighted by Crippen LogP contribution is 2.27. The number of fused-ring (bicyclic) bond motifs is 1. The van der Waals surface area contributed by atoms with E-state index in [2.05, 4.69) is 15.3 Å². The van der Waals surface area contributed by atoms with Gasteiger partial charge in [0.25, 0.3) is 5.91 Å². The van der Waals surface area contributed by atoms with E-state index in [9.17, 15) is 4.79 Å². The Hall–Kier alpha value is -1.40. The first-order valence-electron chi connectivity index (χ1n) is 8.09. The quantitative estimate of drug-likeness (QED) is 0.861. The molecule has 3 heterocycles. The van der Waals surface area contributed by atoms with Crippen molar-refractivity contribution < 1.29 is 4.79 Å². The molecule has 22 heavy (non-hydrogen) atoms. The van der Waals surface area contributed by atoms with Crippen LogP contribution in [0.25, 0.3) is 10.2 Å². The smallest absolute Gasteiger partial charge is 0.261 e. The van der Waals surface area contributed by atoms with Gasteiger partial charge in [-0.05, 0) is 51.9 Å². The average molecular weight is 320 g/mol.